The Morgan fingerprint density at radius 3 is 2.44 bits per heavy atom. The van der Waals surface area contributed by atoms with E-state index in [1.54, 1.807) is 19.2 Å². The van der Waals surface area contributed by atoms with Crippen molar-refractivity contribution < 1.29 is 4.79 Å². The van der Waals surface area contributed by atoms with Crippen LogP contribution in [0.25, 0.3) is 0 Å². The fourth-order valence-corrected chi connectivity index (χ4v) is 6.55. The number of carbonyl (C=O) groups excluding carboxylic acids is 1. The van der Waals surface area contributed by atoms with E-state index in [2.05, 4.69) is 74.3 Å². The maximum absolute atomic E-state index is 13.8. The fourth-order valence-electron chi connectivity index (χ4n) is 5.45. The summed E-state index contributed by atoms with van der Waals surface area (Å²) in [7, 11) is 0. The standard InChI is InChI=1S/C28H31N3O2S/c1-5-23(18(2)3)29-17-31(30-15-14-24(32)19(4)26(30)28(29)33)27-21-11-7-6-10-20(21)16-34-25-13-9-8-12-22(25)27/h6-15,18,23,27H,5,16-17H2,1-4H3. The molecule has 0 fully saturated rings. The van der Waals surface area contributed by atoms with Crippen LogP contribution in [0, 0.1) is 12.8 Å². The molecule has 5 rings (SSSR count). The molecule has 0 spiro atoms. The van der Waals surface area contributed by atoms with Gasteiger partial charge in [-0.05, 0) is 42.0 Å². The number of amides is 1. The Bertz CT molecular complexity index is 1250. The Morgan fingerprint density at radius 1 is 1.00 bits per heavy atom. The lowest BCUT2D eigenvalue weighted by Crippen LogP contribution is -2.59. The number of carbonyl (C=O) groups is 1. The second kappa shape index (κ2) is 8.99. The highest BCUT2D eigenvalue weighted by Gasteiger charge is 2.40. The predicted octanol–water partition coefficient (Wildman–Crippen LogP) is 5.34. The molecular formula is C28H31N3O2S. The number of thioether (sulfide) groups is 1. The molecule has 2 aliphatic rings. The lowest BCUT2D eigenvalue weighted by Gasteiger charge is -2.47. The minimum atomic E-state index is -0.101. The summed E-state index contributed by atoms with van der Waals surface area (Å²) in [6.07, 6.45) is 2.64. The molecular weight excluding hydrogens is 442 g/mol. The van der Waals surface area contributed by atoms with Crippen LogP contribution in [-0.2, 0) is 5.75 Å². The highest BCUT2D eigenvalue weighted by molar-refractivity contribution is 7.98. The Labute approximate surface area is 205 Å². The second-order valence-electron chi connectivity index (χ2n) is 9.50. The first-order valence-electron chi connectivity index (χ1n) is 12.0. The first-order valence-corrected chi connectivity index (χ1v) is 13.0. The van der Waals surface area contributed by atoms with E-state index in [1.807, 2.05) is 21.3 Å². The van der Waals surface area contributed by atoms with Crippen LogP contribution >= 0.6 is 11.8 Å². The van der Waals surface area contributed by atoms with Crippen LogP contribution in [-0.4, -0.2) is 28.2 Å². The number of fused-ring (bicyclic) bond motifs is 3. The third kappa shape index (κ3) is 3.65. The zero-order valence-electron chi connectivity index (χ0n) is 20.2. The number of aromatic nitrogens is 1. The molecule has 2 aliphatic heterocycles. The number of rotatable bonds is 4. The molecule has 0 saturated carbocycles. The first kappa shape index (κ1) is 22.8. The van der Waals surface area contributed by atoms with Gasteiger partial charge in [0.1, 0.15) is 12.4 Å². The van der Waals surface area contributed by atoms with Gasteiger partial charge in [0, 0.05) is 34.5 Å². The number of hydrogen-bond acceptors (Lipinski definition) is 4. The van der Waals surface area contributed by atoms with E-state index in [0.717, 1.165) is 12.2 Å². The normalized spacial score (nSPS) is 18.3. The van der Waals surface area contributed by atoms with E-state index < -0.39 is 0 Å². The van der Waals surface area contributed by atoms with Gasteiger partial charge >= 0.3 is 0 Å². The average Bonchev–Trinajstić information content (AvgIpc) is 3.00. The highest BCUT2D eigenvalue weighted by atomic mass is 32.2. The lowest BCUT2D eigenvalue weighted by atomic mass is 9.93. The summed E-state index contributed by atoms with van der Waals surface area (Å²) in [6.45, 7) is 8.70. The van der Waals surface area contributed by atoms with E-state index in [-0.39, 0.29) is 23.4 Å². The number of pyridine rings is 1. The quantitative estimate of drug-likeness (QED) is 0.513. The van der Waals surface area contributed by atoms with Crippen molar-refractivity contribution in [1.29, 1.82) is 0 Å². The van der Waals surface area contributed by atoms with Crippen molar-refractivity contribution in [3.8, 4) is 0 Å². The summed E-state index contributed by atoms with van der Waals surface area (Å²) >= 11 is 1.86. The van der Waals surface area contributed by atoms with Crippen LogP contribution in [0.1, 0.15) is 66.0 Å². The molecule has 0 radical (unpaired) electrons. The van der Waals surface area contributed by atoms with Gasteiger partial charge in [-0.15, -0.1) is 11.8 Å². The lowest BCUT2D eigenvalue weighted by molar-refractivity contribution is 0.0527. The third-order valence-electron chi connectivity index (χ3n) is 7.19. The maximum Gasteiger partial charge on any atom is 0.274 e. The third-order valence-corrected chi connectivity index (χ3v) is 8.33. The zero-order valence-corrected chi connectivity index (χ0v) is 21.0. The van der Waals surface area contributed by atoms with Crippen molar-refractivity contribution in [2.24, 2.45) is 5.92 Å². The van der Waals surface area contributed by atoms with Gasteiger partial charge < -0.3 is 4.90 Å². The van der Waals surface area contributed by atoms with Gasteiger partial charge in [0.25, 0.3) is 5.91 Å². The van der Waals surface area contributed by atoms with Crippen molar-refractivity contribution >= 4 is 17.7 Å². The molecule has 0 aliphatic carbocycles. The smallest absolute Gasteiger partial charge is 0.274 e. The summed E-state index contributed by atoms with van der Waals surface area (Å²) in [5.41, 5.74) is 4.65. The molecule has 2 unspecified atom stereocenters. The topological polar surface area (TPSA) is 45.5 Å². The minimum absolute atomic E-state index is 0.0587. The van der Waals surface area contributed by atoms with Gasteiger partial charge in [-0.3, -0.25) is 19.3 Å². The molecule has 1 amide bonds. The fraction of sp³-hybridized carbons (Fsp3) is 0.357. The molecule has 1 aromatic heterocycles. The van der Waals surface area contributed by atoms with Gasteiger partial charge in [0.05, 0.1) is 6.04 Å². The van der Waals surface area contributed by atoms with Crippen molar-refractivity contribution in [1.82, 2.24) is 9.58 Å². The van der Waals surface area contributed by atoms with Gasteiger partial charge in [-0.25, -0.2) is 0 Å². The summed E-state index contributed by atoms with van der Waals surface area (Å²) in [5.74, 6) is 1.15. The molecule has 3 heterocycles. The predicted molar refractivity (Wildman–Crippen MR) is 138 cm³/mol. The SMILES string of the molecule is CCC(C(C)C)N1CN(C2c3ccccc3CSc3ccccc32)n2ccc(=O)c(C)c2C1=O. The van der Waals surface area contributed by atoms with E-state index in [4.69, 9.17) is 0 Å². The van der Waals surface area contributed by atoms with Gasteiger partial charge in [-0.1, -0.05) is 63.2 Å². The summed E-state index contributed by atoms with van der Waals surface area (Å²) in [5, 5.41) is 2.28. The van der Waals surface area contributed by atoms with Crippen molar-refractivity contribution in [2.45, 2.75) is 56.8 Å². The molecule has 5 nitrogen and oxygen atoms in total. The van der Waals surface area contributed by atoms with Crippen LogP contribution in [0.2, 0.25) is 0 Å². The average molecular weight is 474 g/mol. The van der Waals surface area contributed by atoms with Crippen LogP contribution < -0.4 is 10.4 Å². The van der Waals surface area contributed by atoms with Crippen LogP contribution in [0.4, 0.5) is 0 Å². The summed E-state index contributed by atoms with van der Waals surface area (Å²) < 4.78 is 1.94. The van der Waals surface area contributed by atoms with Gasteiger partial charge in [0.15, 0.2) is 5.43 Å². The van der Waals surface area contributed by atoms with Gasteiger partial charge in [0.2, 0.25) is 0 Å². The van der Waals surface area contributed by atoms with Crippen molar-refractivity contribution in [3.63, 3.8) is 0 Å². The summed E-state index contributed by atoms with van der Waals surface area (Å²) in [4.78, 5) is 29.7. The second-order valence-corrected chi connectivity index (χ2v) is 10.5. The van der Waals surface area contributed by atoms with E-state index in [0.29, 0.717) is 23.8 Å². The first-order chi connectivity index (χ1) is 16.4. The summed E-state index contributed by atoms with van der Waals surface area (Å²) in [6, 6.07) is 18.8. The number of nitrogens with zero attached hydrogens (tertiary/aromatic N) is 3. The van der Waals surface area contributed by atoms with Crippen LogP contribution in [0.15, 0.2) is 70.5 Å². The van der Waals surface area contributed by atoms with Crippen molar-refractivity contribution in [3.05, 3.63) is 99.0 Å². The molecule has 6 heteroatoms. The molecule has 2 aromatic carbocycles. The van der Waals surface area contributed by atoms with E-state index in [1.165, 1.54) is 21.6 Å². The van der Waals surface area contributed by atoms with E-state index >= 15 is 0 Å². The molecule has 0 bridgehead atoms. The Kier molecular flexibility index (Phi) is 6.02. The van der Waals surface area contributed by atoms with Crippen molar-refractivity contribution in [2.75, 3.05) is 11.7 Å². The Morgan fingerprint density at radius 2 is 1.71 bits per heavy atom. The Balaban J connectivity index is 1.77. The molecule has 0 N–H and O–H groups in total. The molecule has 176 valence electrons. The Hall–Kier alpha value is -2.99. The van der Waals surface area contributed by atoms with Crippen LogP contribution in [0.3, 0.4) is 0 Å². The minimum Gasteiger partial charge on any atom is -0.315 e. The molecule has 0 saturated heterocycles. The van der Waals surface area contributed by atoms with E-state index in [9.17, 15) is 9.59 Å². The maximum atomic E-state index is 13.8. The number of benzene rings is 2. The van der Waals surface area contributed by atoms with Gasteiger partial charge in [-0.2, -0.15) is 0 Å². The largest absolute Gasteiger partial charge is 0.315 e. The molecule has 3 aromatic rings. The van der Waals surface area contributed by atoms with Crippen LogP contribution in [0.5, 0.6) is 0 Å². The number of hydrogen-bond donors (Lipinski definition) is 0. The highest BCUT2D eigenvalue weighted by Crippen LogP contribution is 2.42. The monoisotopic (exact) mass is 473 g/mol. The molecule has 2 atom stereocenters. The zero-order chi connectivity index (χ0) is 24.0. The molecule has 34 heavy (non-hydrogen) atoms.